The minimum Gasteiger partial charge on any atom is -0.311 e. The summed E-state index contributed by atoms with van der Waals surface area (Å²) in [7, 11) is 1.96. The lowest BCUT2D eigenvalue weighted by molar-refractivity contribution is -0.140. The summed E-state index contributed by atoms with van der Waals surface area (Å²) in [6, 6.07) is 3.07. The van der Waals surface area contributed by atoms with Crippen LogP contribution in [-0.4, -0.2) is 31.6 Å². The zero-order valence-corrected chi connectivity index (χ0v) is 11.0. The molecule has 0 atom stereocenters. The van der Waals surface area contributed by atoms with Gasteiger partial charge < -0.3 is 10.2 Å². The van der Waals surface area contributed by atoms with Crippen LogP contribution in [0.25, 0.3) is 0 Å². The normalized spacial score (nSPS) is 12.2. The first-order valence-corrected chi connectivity index (χ1v) is 6.09. The number of benzene rings is 1. The number of rotatable bonds is 6. The van der Waals surface area contributed by atoms with Gasteiger partial charge in [0.15, 0.2) is 0 Å². The first-order chi connectivity index (χ1) is 8.84. The SMILES string of the molecule is CCN(C)CCNCc1ccc(F)c(C(F)(F)F)c1. The second-order valence-electron chi connectivity index (χ2n) is 4.38. The van der Waals surface area contributed by atoms with Crippen LogP contribution in [0.15, 0.2) is 18.2 Å². The van der Waals surface area contributed by atoms with E-state index in [1.165, 1.54) is 6.07 Å². The fourth-order valence-electron chi connectivity index (χ4n) is 1.56. The molecule has 0 aromatic heterocycles. The Balaban J connectivity index is 2.56. The van der Waals surface area contributed by atoms with Crippen molar-refractivity contribution >= 4 is 0 Å². The van der Waals surface area contributed by atoms with E-state index in [0.29, 0.717) is 18.7 Å². The first-order valence-electron chi connectivity index (χ1n) is 6.09. The minimum absolute atomic E-state index is 0.293. The second-order valence-corrected chi connectivity index (χ2v) is 4.38. The van der Waals surface area contributed by atoms with Crippen LogP contribution in [0.1, 0.15) is 18.1 Å². The van der Waals surface area contributed by atoms with Gasteiger partial charge in [-0.15, -0.1) is 0 Å². The van der Waals surface area contributed by atoms with Crippen LogP contribution in [0.4, 0.5) is 17.6 Å². The Labute approximate surface area is 110 Å². The highest BCUT2D eigenvalue weighted by Gasteiger charge is 2.34. The van der Waals surface area contributed by atoms with Crippen molar-refractivity contribution in [3.05, 3.63) is 35.1 Å². The van der Waals surface area contributed by atoms with Crippen LogP contribution in [-0.2, 0) is 12.7 Å². The molecule has 2 nitrogen and oxygen atoms in total. The molecule has 0 fully saturated rings. The fraction of sp³-hybridized carbons (Fsp3) is 0.538. The van der Waals surface area contributed by atoms with Gasteiger partial charge in [-0.3, -0.25) is 0 Å². The van der Waals surface area contributed by atoms with Crippen LogP contribution in [0, 0.1) is 5.82 Å². The highest BCUT2D eigenvalue weighted by Crippen LogP contribution is 2.31. The lowest BCUT2D eigenvalue weighted by Gasteiger charge is -2.14. The predicted molar refractivity (Wildman–Crippen MR) is 66.3 cm³/mol. The molecule has 1 rings (SSSR count). The molecule has 0 aliphatic heterocycles. The van der Waals surface area contributed by atoms with E-state index < -0.39 is 17.6 Å². The third-order valence-electron chi connectivity index (χ3n) is 2.88. The van der Waals surface area contributed by atoms with Gasteiger partial charge in [0.2, 0.25) is 0 Å². The number of hydrogen-bond donors (Lipinski definition) is 1. The maximum Gasteiger partial charge on any atom is 0.419 e. The van der Waals surface area contributed by atoms with Gasteiger partial charge >= 0.3 is 6.18 Å². The third kappa shape index (κ3) is 5.16. The molecule has 0 saturated carbocycles. The Morgan fingerprint density at radius 3 is 2.53 bits per heavy atom. The van der Waals surface area contributed by atoms with Crippen LogP contribution >= 0.6 is 0 Å². The summed E-state index contributed by atoms with van der Waals surface area (Å²) in [4.78, 5) is 2.08. The molecule has 0 spiro atoms. The van der Waals surface area contributed by atoms with Gasteiger partial charge in [-0.25, -0.2) is 4.39 Å². The topological polar surface area (TPSA) is 15.3 Å². The van der Waals surface area contributed by atoms with E-state index in [9.17, 15) is 17.6 Å². The zero-order chi connectivity index (χ0) is 14.5. The van der Waals surface area contributed by atoms with Crippen molar-refractivity contribution in [3.63, 3.8) is 0 Å². The molecular weight excluding hydrogens is 260 g/mol. The molecule has 19 heavy (non-hydrogen) atoms. The quantitative estimate of drug-likeness (QED) is 0.636. The Hall–Kier alpha value is -1.14. The molecule has 6 heteroatoms. The van der Waals surface area contributed by atoms with Gasteiger partial charge in [0.1, 0.15) is 5.82 Å². The van der Waals surface area contributed by atoms with E-state index >= 15 is 0 Å². The molecule has 0 amide bonds. The molecule has 0 heterocycles. The van der Waals surface area contributed by atoms with Crippen LogP contribution < -0.4 is 5.32 Å². The monoisotopic (exact) mass is 278 g/mol. The van der Waals surface area contributed by atoms with E-state index in [2.05, 4.69) is 10.2 Å². The summed E-state index contributed by atoms with van der Waals surface area (Å²) in [6.45, 7) is 4.71. The van der Waals surface area contributed by atoms with Crippen molar-refractivity contribution < 1.29 is 17.6 Å². The van der Waals surface area contributed by atoms with E-state index in [1.807, 2.05) is 14.0 Å². The van der Waals surface area contributed by atoms with Gasteiger partial charge in [0.05, 0.1) is 5.56 Å². The summed E-state index contributed by atoms with van der Waals surface area (Å²) < 4.78 is 50.6. The summed E-state index contributed by atoms with van der Waals surface area (Å²) in [5.41, 5.74) is -0.787. The van der Waals surface area contributed by atoms with Crippen LogP contribution in [0.5, 0.6) is 0 Å². The van der Waals surface area contributed by atoms with Crippen molar-refractivity contribution in [3.8, 4) is 0 Å². The molecular formula is C13H18F4N2. The first kappa shape index (κ1) is 15.9. The van der Waals surface area contributed by atoms with Crippen LogP contribution in [0.3, 0.4) is 0 Å². The summed E-state index contributed by atoms with van der Waals surface area (Å²) >= 11 is 0. The molecule has 0 unspecified atom stereocenters. The molecule has 1 N–H and O–H groups in total. The maximum atomic E-state index is 13.1. The molecule has 1 aromatic carbocycles. The van der Waals surface area contributed by atoms with Gasteiger partial charge in [-0.2, -0.15) is 13.2 Å². The Bertz CT molecular complexity index is 404. The molecule has 1 aromatic rings. The molecule has 0 saturated heterocycles. The number of likely N-dealkylation sites (N-methyl/N-ethyl adjacent to an activating group) is 1. The average Bonchev–Trinajstić information content (AvgIpc) is 2.34. The zero-order valence-electron chi connectivity index (χ0n) is 11.0. The number of hydrogen-bond acceptors (Lipinski definition) is 2. The standard InChI is InChI=1S/C13H18F4N2/c1-3-19(2)7-6-18-9-10-4-5-12(14)11(8-10)13(15,16)17/h4-5,8,18H,3,6-7,9H2,1-2H3. The van der Waals surface area contributed by atoms with E-state index in [0.717, 1.165) is 25.2 Å². The highest BCUT2D eigenvalue weighted by atomic mass is 19.4. The lowest BCUT2D eigenvalue weighted by Crippen LogP contribution is -2.28. The highest BCUT2D eigenvalue weighted by molar-refractivity contribution is 5.27. The number of alkyl halides is 3. The Kier molecular flexibility index (Phi) is 5.75. The average molecular weight is 278 g/mol. The van der Waals surface area contributed by atoms with Gasteiger partial charge in [0, 0.05) is 19.6 Å². The predicted octanol–water partition coefficient (Wildman–Crippen LogP) is 2.89. The van der Waals surface area contributed by atoms with Crippen molar-refractivity contribution in [1.29, 1.82) is 0 Å². The van der Waals surface area contributed by atoms with E-state index in [1.54, 1.807) is 0 Å². The summed E-state index contributed by atoms with van der Waals surface area (Å²) in [6.07, 6.45) is -4.65. The third-order valence-corrected chi connectivity index (χ3v) is 2.88. The van der Waals surface area contributed by atoms with Crippen molar-refractivity contribution in [2.75, 3.05) is 26.7 Å². The Morgan fingerprint density at radius 2 is 1.95 bits per heavy atom. The number of nitrogens with zero attached hydrogens (tertiary/aromatic N) is 1. The molecule has 0 bridgehead atoms. The summed E-state index contributed by atoms with van der Waals surface area (Å²) in [5.74, 6) is -1.23. The molecule has 0 aliphatic rings. The van der Waals surface area contributed by atoms with Crippen molar-refractivity contribution in [1.82, 2.24) is 10.2 Å². The number of nitrogens with one attached hydrogen (secondary N) is 1. The second kappa shape index (κ2) is 6.86. The maximum absolute atomic E-state index is 13.1. The van der Waals surface area contributed by atoms with E-state index in [4.69, 9.17) is 0 Å². The Morgan fingerprint density at radius 1 is 1.26 bits per heavy atom. The lowest BCUT2D eigenvalue weighted by atomic mass is 10.1. The van der Waals surface area contributed by atoms with Gasteiger partial charge in [-0.05, 0) is 31.3 Å². The van der Waals surface area contributed by atoms with Crippen molar-refractivity contribution in [2.45, 2.75) is 19.6 Å². The van der Waals surface area contributed by atoms with Gasteiger partial charge in [-0.1, -0.05) is 13.0 Å². The van der Waals surface area contributed by atoms with E-state index in [-0.39, 0.29) is 0 Å². The van der Waals surface area contributed by atoms with Crippen LogP contribution in [0.2, 0.25) is 0 Å². The largest absolute Gasteiger partial charge is 0.419 e. The molecule has 0 aliphatic carbocycles. The van der Waals surface area contributed by atoms with Gasteiger partial charge in [0.25, 0.3) is 0 Å². The van der Waals surface area contributed by atoms with Crippen molar-refractivity contribution in [2.24, 2.45) is 0 Å². The molecule has 0 radical (unpaired) electrons. The smallest absolute Gasteiger partial charge is 0.311 e. The summed E-state index contributed by atoms with van der Waals surface area (Å²) in [5, 5.41) is 3.03. The minimum atomic E-state index is -4.65. The fourth-order valence-corrected chi connectivity index (χ4v) is 1.56. The number of halogens is 4. The molecule has 108 valence electrons.